The molecule has 4 nitrogen and oxygen atoms in total. The molecule has 0 amide bonds. The van der Waals surface area contributed by atoms with Crippen molar-refractivity contribution in [3.05, 3.63) is 33.6 Å². The quantitative estimate of drug-likeness (QED) is 0.458. The normalized spacial score (nSPS) is 25.3. The van der Waals surface area contributed by atoms with Gasteiger partial charge < -0.3 is 0 Å². The van der Waals surface area contributed by atoms with Crippen LogP contribution in [0.3, 0.4) is 0 Å². The Morgan fingerprint density at radius 2 is 2.19 bits per heavy atom. The molecule has 27 heavy (non-hydrogen) atoms. The summed E-state index contributed by atoms with van der Waals surface area (Å²) in [6.45, 7) is 4.45. The minimum absolute atomic E-state index is 0.451. The van der Waals surface area contributed by atoms with Crippen molar-refractivity contribution in [3.8, 4) is 10.7 Å². The number of nitrogens with zero attached hydrogens (tertiary/aromatic N) is 4. The van der Waals surface area contributed by atoms with Crippen molar-refractivity contribution in [2.45, 2.75) is 56.5 Å². The number of thioether (sulfide) groups is 1. The van der Waals surface area contributed by atoms with E-state index in [2.05, 4.69) is 56.5 Å². The summed E-state index contributed by atoms with van der Waals surface area (Å²) in [6, 6.07) is 4.72. The first-order valence-electron chi connectivity index (χ1n) is 9.71. The molecule has 2 saturated carbocycles. The summed E-state index contributed by atoms with van der Waals surface area (Å²) in [6.07, 6.45) is 5.67. The Balaban J connectivity index is 1.45. The number of aryl methyl sites for hydroxylation is 1. The summed E-state index contributed by atoms with van der Waals surface area (Å²) in [4.78, 5) is 5.82. The fourth-order valence-corrected chi connectivity index (χ4v) is 7.34. The number of rotatable bonds is 6. The van der Waals surface area contributed by atoms with Crippen LogP contribution in [0.25, 0.3) is 10.7 Å². The predicted molar refractivity (Wildman–Crippen MR) is 113 cm³/mol. The van der Waals surface area contributed by atoms with E-state index >= 15 is 0 Å². The molecule has 0 saturated heterocycles. The van der Waals surface area contributed by atoms with Gasteiger partial charge in [-0.2, -0.15) is 0 Å². The molecule has 5 rings (SSSR count). The summed E-state index contributed by atoms with van der Waals surface area (Å²) in [5.41, 5.74) is 1.14. The second-order valence-electron chi connectivity index (χ2n) is 7.88. The third kappa shape index (κ3) is 3.38. The number of thiazole rings is 1. The van der Waals surface area contributed by atoms with E-state index in [1.165, 1.54) is 30.6 Å². The van der Waals surface area contributed by atoms with E-state index in [4.69, 9.17) is 0 Å². The van der Waals surface area contributed by atoms with Gasteiger partial charge in [0.25, 0.3) is 0 Å². The molecule has 3 aromatic rings. The van der Waals surface area contributed by atoms with Gasteiger partial charge in [0.2, 0.25) is 0 Å². The van der Waals surface area contributed by atoms with Gasteiger partial charge in [0.05, 0.1) is 15.6 Å². The lowest BCUT2D eigenvalue weighted by molar-refractivity contribution is 0.235. The molecule has 4 atom stereocenters. The fourth-order valence-electron chi connectivity index (χ4n) is 5.01. The Bertz CT molecular complexity index is 914. The molecule has 2 bridgehead atoms. The van der Waals surface area contributed by atoms with E-state index in [9.17, 15) is 0 Å². The molecule has 4 unspecified atom stereocenters. The zero-order valence-corrected chi connectivity index (χ0v) is 18.1. The average molecular weight is 417 g/mol. The van der Waals surface area contributed by atoms with Crippen LogP contribution in [0, 0.1) is 24.7 Å². The Kier molecular flexibility index (Phi) is 4.86. The number of hydrogen-bond acceptors (Lipinski definition) is 6. The molecular formula is C20H24N4S3. The molecule has 0 spiro atoms. The van der Waals surface area contributed by atoms with E-state index in [0.29, 0.717) is 6.04 Å². The highest BCUT2D eigenvalue weighted by molar-refractivity contribution is 7.98. The van der Waals surface area contributed by atoms with Crippen LogP contribution in [0.15, 0.2) is 28.0 Å². The fraction of sp³-hybridized carbons (Fsp3) is 0.550. The lowest BCUT2D eigenvalue weighted by Gasteiger charge is -2.30. The minimum Gasteiger partial charge on any atom is -0.298 e. The van der Waals surface area contributed by atoms with Crippen molar-refractivity contribution in [2.24, 2.45) is 17.8 Å². The van der Waals surface area contributed by atoms with Crippen LogP contribution < -0.4 is 0 Å². The standard InChI is InChI=1S/C20H24N4S3/c1-12(17-9-14-5-6-15(17)8-14)24-19(18-4-3-7-25-18)22-23-20(24)27-11-16-10-26-13(2)21-16/h3-4,7,10,12,14-15,17H,5-6,8-9,11H2,1-2H3. The topological polar surface area (TPSA) is 43.6 Å². The molecule has 3 heterocycles. The highest BCUT2D eigenvalue weighted by atomic mass is 32.2. The van der Waals surface area contributed by atoms with Crippen LogP contribution in [0.1, 0.15) is 49.4 Å². The predicted octanol–water partition coefficient (Wildman–Crippen LogP) is 6.06. The van der Waals surface area contributed by atoms with Crippen LogP contribution in [0.2, 0.25) is 0 Å². The molecule has 3 aromatic heterocycles. The molecule has 2 aliphatic carbocycles. The summed E-state index contributed by atoms with van der Waals surface area (Å²) >= 11 is 5.25. The van der Waals surface area contributed by atoms with Crippen LogP contribution in [-0.4, -0.2) is 19.7 Å². The van der Waals surface area contributed by atoms with E-state index in [1.807, 2.05) is 0 Å². The van der Waals surface area contributed by atoms with Crippen LogP contribution in [-0.2, 0) is 5.75 Å². The largest absolute Gasteiger partial charge is 0.298 e. The van der Waals surface area contributed by atoms with E-state index in [0.717, 1.165) is 45.2 Å². The summed E-state index contributed by atoms with van der Waals surface area (Å²) in [7, 11) is 0. The van der Waals surface area contributed by atoms with Crippen molar-refractivity contribution < 1.29 is 0 Å². The van der Waals surface area contributed by atoms with E-state index < -0.39 is 0 Å². The van der Waals surface area contributed by atoms with E-state index in [1.54, 1.807) is 34.4 Å². The maximum Gasteiger partial charge on any atom is 0.192 e. The van der Waals surface area contributed by atoms with Gasteiger partial charge >= 0.3 is 0 Å². The van der Waals surface area contributed by atoms with E-state index in [-0.39, 0.29) is 0 Å². The zero-order chi connectivity index (χ0) is 18.4. The molecule has 0 radical (unpaired) electrons. The van der Waals surface area contributed by atoms with Crippen molar-refractivity contribution in [2.75, 3.05) is 0 Å². The van der Waals surface area contributed by atoms with Crippen LogP contribution >= 0.6 is 34.4 Å². The van der Waals surface area contributed by atoms with Gasteiger partial charge in [0, 0.05) is 17.2 Å². The first-order chi connectivity index (χ1) is 13.2. The molecular weight excluding hydrogens is 392 g/mol. The molecule has 0 N–H and O–H groups in total. The summed E-state index contributed by atoms with van der Waals surface area (Å²) in [5.74, 6) is 4.51. The second kappa shape index (κ2) is 7.33. The van der Waals surface area contributed by atoms with Crippen LogP contribution in [0.5, 0.6) is 0 Å². The third-order valence-corrected chi connectivity index (χ3v) is 8.91. The first-order valence-corrected chi connectivity index (χ1v) is 12.5. The lowest BCUT2D eigenvalue weighted by atomic mass is 9.84. The number of hydrogen-bond donors (Lipinski definition) is 0. The first kappa shape index (κ1) is 17.9. The molecule has 2 aliphatic rings. The summed E-state index contributed by atoms with van der Waals surface area (Å²) < 4.78 is 2.43. The average Bonchev–Trinajstić information content (AvgIpc) is 3.48. The smallest absolute Gasteiger partial charge is 0.192 e. The van der Waals surface area contributed by atoms with Gasteiger partial charge in [-0.15, -0.1) is 32.9 Å². The SMILES string of the molecule is Cc1nc(CSc2nnc(-c3cccs3)n2C(C)C2CC3CCC2C3)cs1. The highest BCUT2D eigenvalue weighted by Gasteiger charge is 2.43. The number of aromatic nitrogens is 4. The Morgan fingerprint density at radius 3 is 2.85 bits per heavy atom. The number of fused-ring (bicyclic) bond motifs is 2. The Labute approximate surface area is 172 Å². The number of thiophene rings is 1. The van der Waals surface area contributed by atoms with Gasteiger partial charge in [-0.1, -0.05) is 24.2 Å². The van der Waals surface area contributed by atoms with Crippen molar-refractivity contribution >= 4 is 34.4 Å². The Hall–Kier alpha value is -1.18. The van der Waals surface area contributed by atoms with Gasteiger partial charge in [-0.05, 0) is 62.3 Å². The van der Waals surface area contributed by atoms with Crippen LogP contribution in [0.4, 0.5) is 0 Å². The van der Waals surface area contributed by atoms with Crippen molar-refractivity contribution in [1.29, 1.82) is 0 Å². The minimum atomic E-state index is 0.451. The molecule has 2 fully saturated rings. The lowest BCUT2D eigenvalue weighted by Crippen LogP contribution is -2.23. The van der Waals surface area contributed by atoms with Crippen molar-refractivity contribution in [3.63, 3.8) is 0 Å². The summed E-state index contributed by atoms with van der Waals surface area (Å²) in [5, 5.41) is 15.7. The maximum atomic E-state index is 4.62. The van der Waals surface area contributed by atoms with Gasteiger partial charge in [-0.3, -0.25) is 4.57 Å². The molecule has 142 valence electrons. The second-order valence-corrected chi connectivity index (χ2v) is 10.8. The monoisotopic (exact) mass is 416 g/mol. The van der Waals surface area contributed by atoms with Gasteiger partial charge in [0.1, 0.15) is 0 Å². The molecule has 0 aromatic carbocycles. The maximum absolute atomic E-state index is 4.62. The van der Waals surface area contributed by atoms with Gasteiger partial charge in [-0.25, -0.2) is 4.98 Å². The molecule has 0 aliphatic heterocycles. The van der Waals surface area contributed by atoms with Crippen molar-refractivity contribution in [1.82, 2.24) is 19.7 Å². The third-order valence-electron chi connectivity index (χ3n) is 6.24. The zero-order valence-electron chi connectivity index (χ0n) is 15.7. The molecule has 7 heteroatoms. The highest BCUT2D eigenvalue weighted by Crippen LogP contribution is 2.53. The Morgan fingerprint density at radius 1 is 1.26 bits per heavy atom. The van der Waals surface area contributed by atoms with Gasteiger partial charge in [0.15, 0.2) is 11.0 Å².